The fraction of sp³-hybridized carbons (Fsp3) is 0.609. The van der Waals surface area contributed by atoms with E-state index in [0.29, 0.717) is 36.6 Å². The number of benzene rings is 1. The highest BCUT2D eigenvalue weighted by atomic mass is 16.5. The third kappa shape index (κ3) is 6.59. The number of carbonyl (C=O) groups excluding carboxylic acids is 3. The number of hydrogen-bond acceptors (Lipinski definition) is 5. The van der Waals surface area contributed by atoms with Crippen molar-refractivity contribution in [3.05, 3.63) is 23.8 Å². The lowest BCUT2D eigenvalue weighted by Crippen LogP contribution is -2.48. The highest BCUT2D eigenvalue weighted by Crippen LogP contribution is 2.26. The summed E-state index contributed by atoms with van der Waals surface area (Å²) in [4.78, 5) is 40.9. The first-order valence-corrected chi connectivity index (χ1v) is 11.0. The van der Waals surface area contributed by atoms with Crippen LogP contribution < -0.4 is 15.4 Å². The first-order chi connectivity index (χ1) is 15.2. The number of rotatable bonds is 4. The van der Waals surface area contributed by atoms with Crippen molar-refractivity contribution in [2.24, 2.45) is 5.92 Å². The lowest BCUT2D eigenvalue weighted by Gasteiger charge is -2.35. The van der Waals surface area contributed by atoms with Gasteiger partial charge in [-0.1, -0.05) is 13.8 Å². The van der Waals surface area contributed by atoms with Crippen molar-refractivity contribution >= 4 is 23.5 Å². The van der Waals surface area contributed by atoms with Crippen LogP contribution in [-0.2, 0) is 9.53 Å². The quantitative estimate of drug-likeness (QED) is 0.737. The standard InChI is InChI=1S/C23H36N4O5/c1-7-10-24-23(30)25-18-8-9-19-20(11-18)32-14-16(3)27(17(4)28)12-15(2)21(31-6)13-26(5)22(19)29/h8-9,11,15-16,21H,7,10,12-14H2,1-6H3,(H2,24,25,30)/t15-,16+,21+/m1/s1. The minimum atomic E-state index is -0.323. The molecule has 0 radical (unpaired) electrons. The average Bonchev–Trinajstić information content (AvgIpc) is 2.76. The van der Waals surface area contributed by atoms with E-state index in [2.05, 4.69) is 10.6 Å². The van der Waals surface area contributed by atoms with Gasteiger partial charge in [0.15, 0.2) is 0 Å². The maximum Gasteiger partial charge on any atom is 0.319 e. The van der Waals surface area contributed by atoms with Gasteiger partial charge in [-0.3, -0.25) is 9.59 Å². The Morgan fingerprint density at radius 1 is 1.25 bits per heavy atom. The Morgan fingerprint density at radius 2 is 1.97 bits per heavy atom. The Morgan fingerprint density at radius 3 is 2.59 bits per heavy atom. The molecular weight excluding hydrogens is 412 g/mol. The largest absolute Gasteiger partial charge is 0.491 e. The van der Waals surface area contributed by atoms with E-state index >= 15 is 0 Å². The third-order valence-electron chi connectivity index (χ3n) is 5.64. The summed E-state index contributed by atoms with van der Waals surface area (Å²) in [7, 11) is 3.33. The van der Waals surface area contributed by atoms with Gasteiger partial charge in [0.05, 0.1) is 17.7 Å². The van der Waals surface area contributed by atoms with Crippen LogP contribution in [0.3, 0.4) is 0 Å². The molecule has 1 aliphatic heterocycles. The predicted octanol–water partition coefficient (Wildman–Crippen LogP) is 2.57. The van der Waals surface area contributed by atoms with Crippen LogP contribution in [0.2, 0.25) is 0 Å². The summed E-state index contributed by atoms with van der Waals surface area (Å²) in [5.74, 6) is 0.127. The molecule has 9 heteroatoms. The van der Waals surface area contributed by atoms with Gasteiger partial charge in [0.1, 0.15) is 12.4 Å². The van der Waals surface area contributed by atoms with Gasteiger partial charge in [-0.25, -0.2) is 4.79 Å². The number of ether oxygens (including phenoxy) is 2. The fourth-order valence-corrected chi connectivity index (χ4v) is 3.70. The highest BCUT2D eigenvalue weighted by Gasteiger charge is 2.29. The average molecular weight is 449 g/mol. The van der Waals surface area contributed by atoms with Crippen molar-refractivity contribution in [3.63, 3.8) is 0 Å². The van der Waals surface area contributed by atoms with Gasteiger partial charge in [-0.2, -0.15) is 0 Å². The number of hydrogen-bond donors (Lipinski definition) is 2. The zero-order valence-corrected chi connectivity index (χ0v) is 19.9. The van der Waals surface area contributed by atoms with Gasteiger partial charge in [0, 0.05) is 58.4 Å². The van der Waals surface area contributed by atoms with E-state index in [0.717, 1.165) is 6.42 Å². The maximum atomic E-state index is 13.2. The summed E-state index contributed by atoms with van der Waals surface area (Å²) in [5.41, 5.74) is 0.899. The second-order valence-electron chi connectivity index (χ2n) is 8.36. The molecule has 2 rings (SSSR count). The maximum absolute atomic E-state index is 13.2. The monoisotopic (exact) mass is 448 g/mol. The second kappa shape index (κ2) is 11.7. The Hall–Kier alpha value is -2.81. The van der Waals surface area contributed by atoms with E-state index in [-0.39, 0.29) is 42.5 Å². The Balaban J connectivity index is 2.38. The van der Waals surface area contributed by atoms with Gasteiger partial charge in [-0.15, -0.1) is 0 Å². The Kier molecular flexibility index (Phi) is 9.31. The minimum absolute atomic E-state index is 0.0220. The lowest BCUT2D eigenvalue weighted by molar-refractivity contribution is -0.133. The molecule has 1 aliphatic rings. The molecule has 0 aliphatic carbocycles. The zero-order valence-electron chi connectivity index (χ0n) is 19.9. The van der Waals surface area contributed by atoms with Gasteiger partial charge in [0.25, 0.3) is 5.91 Å². The molecule has 4 amide bonds. The molecule has 1 aromatic rings. The van der Waals surface area contributed by atoms with Gasteiger partial charge < -0.3 is 29.9 Å². The van der Waals surface area contributed by atoms with Crippen molar-refractivity contribution in [3.8, 4) is 5.75 Å². The van der Waals surface area contributed by atoms with Gasteiger partial charge in [0.2, 0.25) is 5.91 Å². The summed E-state index contributed by atoms with van der Waals surface area (Å²) >= 11 is 0. The molecule has 0 fully saturated rings. The molecule has 1 heterocycles. The smallest absolute Gasteiger partial charge is 0.319 e. The number of fused-ring (bicyclic) bond motifs is 1. The summed E-state index contributed by atoms with van der Waals surface area (Å²) in [6.45, 7) is 9.07. The first-order valence-electron chi connectivity index (χ1n) is 11.0. The zero-order chi connectivity index (χ0) is 23.8. The highest BCUT2D eigenvalue weighted by molar-refractivity contribution is 5.98. The first kappa shape index (κ1) is 25.5. The third-order valence-corrected chi connectivity index (χ3v) is 5.64. The minimum Gasteiger partial charge on any atom is -0.491 e. The van der Waals surface area contributed by atoms with Crippen LogP contribution in [0.5, 0.6) is 5.75 Å². The number of nitrogens with one attached hydrogen (secondary N) is 2. The molecule has 0 saturated carbocycles. The summed E-state index contributed by atoms with van der Waals surface area (Å²) in [6, 6.07) is 4.43. The normalized spacial score (nSPS) is 22.2. The lowest BCUT2D eigenvalue weighted by atomic mass is 10.0. The molecule has 0 unspecified atom stereocenters. The van der Waals surface area contributed by atoms with Crippen LogP contribution in [0.25, 0.3) is 0 Å². The van der Waals surface area contributed by atoms with E-state index in [1.807, 2.05) is 20.8 Å². The second-order valence-corrected chi connectivity index (χ2v) is 8.36. The molecule has 0 saturated heterocycles. The molecule has 3 atom stereocenters. The number of methoxy groups -OCH3 is 1. The van der Waals surface area contributed by atoms with Crippen LogP contribution >= 0.6 is 0 Å². The van der Waals surface area contributed by atoms with E-state index < -0.39 is 0 Å². The number of carbonyl (C=O) groups is 3. The number of nitrogens with zero attached hydrogens (tertiary/aromatic N) is 2. The van der Waals surface area contributed by atoms with Crippen LogP contribution in [0.15, 0.2) is 18.2 Å². The Bertz CT molecular complexity index is 816. The number of urea groups is 1. The summed E-state index contributed by atoms with van der Waals surface area (Å²) in [5, 5.41) is 5.51. The Labute approximate surface area is 190 Å². The van der Waals surface area contributed by atoms with Crippen molar-refractivity contribution in [1.82, 2.24) is 15.1 Å². The molecule has 1 aromatic carbocycles. The van der Waals surface area contributed by atoms with E-state index in [1.165, 1.54) is 6.92 Å². The molecule has 0 aromatic heterocycles. The van der Waals surface area contributed by atoms with Crippen molar-refractivity contribution < 1.29 is 23.9 Å². The summed E-state index contributed by atoms with van der Waals surface area (Å²) < 4.78 is 11.7. The molecule has 0 spiro atoms. The number of likely N-dealkylation sites (N-methyl/N-ethyl adjacent to an activating group) is 1. The molecule has 2 N–H and O–H groups in total. The molecule has 9 nitrogen and oxygen atoms in total. The van der Waals surface area contributed by atoms with Crippen molar-refractivity contribution in [2.45, 2.75) is 46.3 Å². The topological polar surface area (TPSA) is 100 Å². The van der Waals surface area contributed by atoms with Crippen LogP contribution in [-0.4, -0.2) is 80.2 Å². The molecule has 32 heavy (non-hydrogen) atoms. The number of anilines is 1. The van der Waals surface area contributed by atoms with Gasteiger partial charge in [-0.05, 0) is 25.5 Å². The molecule has 0 bridgehead atoms. The predicted molar refractivity (Wildman–Crippen MR) is 123 cm³/mol. The SMILES string of the molecule is CCCNC(=O)Nc1ccc2c(c1)OC[C@H](C)N(C(C)=O)C[C@@H](C)[C@@H](OC)CN(C)C2=O. The van der Waals surface area contributed by atoms with E-state index in [4.69, 9.17) is 9.47 Å². The van der Waals surface area contributed by atoms with Crippen LogP contribution in [0.4, 0.5) is 10.5 Å². The van der Waals surface area contributed by atoms with Crippen molar-refractivity contribution in [1.29, 1.82) is 0 Å². The fourth-order valence-electron chi connectivity index (χ4n) is 3.70. The van der Waals surface area contributed by atoms with Gasteiger partial charge >= 0.3 is 6.03 Å². The number of amides is 4. The van der Waals surface area contributed by atoms with Crippen LogP contribution in [0.1, 0.15) is 44.5 Å². The van der Waals surface area contributed by atoms with Crippen molar-refractivity contribution in [2.75, 3.05) is 45.7 Å². The van der Waals surface area contributed by atoms with Crippen LogP contribution in [0, 0.1) is 5.92 Å². The molecular formula is C23H36N4O5. The van der Waals surface area contributed by atoms with E-state index in [9.17, 15) is 14.4 Å². The summed E-state index contributed by atoms with van der Waals surface area (Å²) in [6.07, 6.45) is 0.595. The molecule has 178 valence electrons. The van der Waals surface area contributed by atoms with E-state index in [1.54, 1.807) is 42.2 Å².